The van der Waals surface area contributed by atoms with Crippen LogP contribution in [0.3, 0.4) is 0 Å². The lowest BCUT2D eigenvalue weighted by molar-refractivity contribution is 0.295. The van der Waals surface area contributed by atoms with Crippen molar-refractivity contribution in [3.8, 4) is 5.75 Å². The van der Waals surface area contributed by atoms with Crippen LogP contribution in [0.5, 0.6) is 5.75 Å². The molecule has 0 bridgehead atoms. The summed E-state index contributed by atoms with van der Waals surface area (Å²) in [7, 11) is -0.681. The zero-order chi connectivity index (χ0) is 17.0. The third kappa shape index (κ3) is 4.43. The third-order valence-corrected chi connectivity index (χ3v) is 5.42. The molecule has 0 aliphatic carbocycles. The largest absolute Gasteiger partial charge is 0.492 e. The number of aromatic nitrogens is 1. The molecule has 8 heteroatoms. The Labute approximate surface area is 143 Å². The SMILES string of the molecule is CN(C)S(=O)(=O)c1ccc(=O)n(CCOc2cccc(Br)c2)c1. The molecule has 0 unspecified atom stereocenters. The highest BCUT2D eigenvalue weighted by Gasteiger charge is 2.18. The predicted molar refractivity (Wildman–Crippen MR) is 91.2 cm³/mol. The van der Waals surface area contributed by atoms with Crippen LogP contribution >= 0.6 is 15.9 Å². The standard InChI is InChI=1S/C15H17BrN2O4S/c1-17(2)23(20,21)14-6-7-15(19)18(11-14)8-9-22-13-5-3-4-12(16)10-13/h3-7,10-11H,8-9H2,1-2H3. The van der Waals surface area contributed by atoms with Crippen molar-refractivity contribution in [3.05, 3.63) is 57.4 Å². The molecule has 0 N–H and O–H groups in total. The smallest absolute Gasteiger partial charge is 0.250 e. The van der Waals surface area contributed by atoms with E-state index in [0.717, 1.165) is 8.78 Å². The van der Waals surface area contributed by atoms with Crippen LogP contribution in [0.4, 0.5) is 0 Å². The van der Waals surface area contributed by atoms with Crippen molar-refractivity contribution in [1.82, 2.24) is 8.87 Å². The first-order chi connectivity index (χ1) is 10.8. The Bertz CT molecular complexity index is 847. The van der Waals surface area contributed by atoms with E-state index in [9.17, 15) is 13.2 Å². The lowest BCUT2D eigenvalue weighted by Crippen LogP contribution is -2.27. The molecule has 1 heterocycles. The lowest BCUT2D eigenvalue weighted by atomic mass is 10.3. The van der Waals surface area contributed by atoms with E-state index in [2.05, 4.69) is 15.9 Å². The van der Waals surface area contributed by atoms with E-state index in [-0.39, 0.29) is 23.6 Å². The Hall–Kier alpha value is -1.64. The lowest BCUT2D eigenvalue weighted by Gasteiger charge is -2.13. The zero-order valence-electron chi connectivity index (χ0n) is 12.8. The van der Waals surface area contributed by atoms with E-state index >= 15 is 0 Å². The minimum Gasteiger partial charge on any atom is -0.492 e. The summed E-state index contributed by atoms with van der Waals surface area (Å²) in [5.41, 5.74) is -0.277. The summed E-state index contributed by atoms with van der Waals surface area (Å²) in [6, 6.07) is 9.90. The van der Waals surface area contributed by atoms with Gasteiger partial charge in [0.05, 0.1) is 11.4 Å². The van der Waals surface area contributed by atoms with Crippen LogP contribution in [0.1, 0.15) is 0 Å². The number of hydrogen-bond donors (Lipinski definition) is 0. The number of sulfonamides is 1. The van der Waals surface area contributed by atoms with Gasteiger partial charge in [0, 0.05) is 30.8 Å². The Morgan fingerprint density at radius 3 is 2.61 bits per heavy atom. The highest BCUT2D eigenvalue weighted by atomic mass is 79.9. The molecule has 23 heavy (non-hydrogen) atoms. The molecule has 0 radical (unpaired) electrons. The normalized spacial score (nSPS) is 11.7. The topological polar surface area (TPSA) is 68.6 Å². The van der Waals surface area contributed by atoms with Crippen LogP contribution in [-0.4, -0.2) is 38.0 Å². The predicted octanol–water partition coefficient (Wildman–Crippen LogP) is 1.94. The van der Waals surface area contributed by atoms with Crippen molar-refractivity contribution in [3.63, 3.8) is 0 Å². The Morgan fingerprint density at radius 2 is 1.96 bits per heavy atom. The molecule has 0 aliphatic rings. The van der Waals surface area contributed by atoms with Crippen LogP contribution in [0.15, 0.2) is 56.8 Å². The molecule has 0 amide bonds. The average Bonchev–Trinajstić information content (AvgIpc) is 2.49. The molecule has 124 valence electrons. The van der Waals surface area contributed by atoms with Gasteiger partial charge in [-0.15, -0.1) is 0 Å². The van der Waals surface area contributed by atoms with Gasteiger partial charge >= 0.3 is 0 Å². The van der Waals surface area contributed by atoms with Crippen LogP contribution in [-0.2, 0) is 16.6 Å². The summed E-state index contributed by atoms with van der Waals surface area (Å²) in [6.45, 7) is 0.504. The fourth-order valence-corrected chi connectivity index (χ4v) is 3.17. The number of hydrogen-bond acceptors (Lipinski definition) is 4. The summed E-state index contributed by atoms with van der Waals surface area (Å²) >= 11 is 3.35. The van der Waals surface area contributed by atoms with Crippen molar-refractivity contribution in [2.45, 2.75) is 11.4 Å². The number of nitrogens with zero attached hydrogens (tertiary/aromatic N) is 2. The van der Waals surface area contributed by atoms with Gasteiger partial charge in [0.1, 0.15) is 12.4 Å². The summed E-state index contributed by atoms with van der Waals surface area (Å²) in [6.07, 6.45) is 1.34. The fraction of sp³-hybridized carbons (Fsp3) is 0.267. The molecule has 0 saturated carbocycles. The highest BCUT2D eigenvalue weighted by molar-refractivity contribution is 9.10. The van der Waals surface area contributed by atoms with Gasteiger partial charge in [-0.25, -0.2) is 12.7 Å². The maximum Gasteiger partial charge on any atom is 0.250 e. The highest BCUT2D eigenvalue weighted by Crippen LogP contribution is 2.17. The van der Waals surface area contributed by atoms with Crippen LogP contribution < -0.4 is 10.3 Å². The summed E-state index contributed by atoms with van der Waals surface area (Å²) in [5, 5.41) is 0. The quantitative estimate of drug-likeness (QED) is 0.742. The molecule has 1 aromatic heterocycles. The van der Waals surface area contributed by atoms with Gasteiger partial charge in [0.15, 0.2) is 0 Å². The second kappa shape index (κ2) is 7.29. The van der Waals surface area contributed by atoms with Crippen molar-refractivity contribution < 1.29 is 13.2 Å². The van der Waals surface area contributed by atoms with Gasteiger partial charge in [-0.2, -0.15) is 0 Å². The van der Waals surface area contributed by atoms with Gasteiger partial charge in [0.25, 0.3) is 5.56 Å². The number of rotatable bonds is 6. The zero-order valence-corrected chi connectivity index (χ0v) is 15.2. The maximum absolute atomic E-state index is 12.1. The van der Waals surface area contributed by atoms with E-state index in [1.165, 1.54) is 37.0 Å². The Balaban J connectivity index is 2.13. The molecule has 2 aromatic rings. The van der Waals surface area contributed by atoms with Crippen molar-refractivity contribution >= 4 is 26.0 Å². The second-order valence-corrected chi connectivity index (χ2v) is 8.06. The van der Waals surface area contributed by atoms with E-state index < -0.39 is 10.0 Å². The molecule has 1 aromatic carbocycles. The maximum atomic E-state index is 12.1. The van der Waals surface area contributed by atoms with Crippen LogP contribution in [0, 0.1) is 0 Å². The summed E-state index contributed by atoms with van der Waals surface area (Å²) in [4.78, 5) is 11.9. The molecule has 0 atom stereocenters. The number of benzene rings is 1. The van der Waals surface area contributed by atoms with Crippen molar-refractivity contribution in [2.24, 2.45) is 0 Å². The second-order valence-electron chi connectivity index (χ2n) is 4.99. The third-order valence-electron chi connectivity index (χ3n) is 3.13. The van der Waals surface area contributed by atoms with Crippen LogP contribution in [0.25, 0.3) is 0 Å². The van der Waals surface area contributed by atoms with Gasteiger partial charge in [-0.05, 0) is 24.3 Å². The van der Waals surface area contributed by atoms with Crippen molar-refractivity contribution in [2.75, 3.05) is 20.7 Å². The average molecular weight is 401 g/mol. The first-order valence-electron chi connectivity index (χ1n) is 6.82. The number of ether oxygens (including phenoxy) is 1. The van der Waals surface area contributed by atoms with Crippen molar-refractivity contribution in [1.29, 1.82) is 0 Å². The first-order valence-corrected chi connectivity index (χ1v) is 9.05. The molecular weight excluding hydrogens is 384 g/mol. The van der Waals surface area contributed by atoms with E-state index in [1.807, 2.05) is 18.2 Å². The molecule has 2 rings (SSSR count). The molecule has 0 spiro atoms. The van der Waals surface area contributed by atoms with Gasteiger partial charge in [0.2, 0.25) is 10.0 Å². The molecule has 0 aliphatic heterocycles. The summed E-state index contributed by atoms with van der Waals surface area (Å²) in [5.74, 6) is 0.671. The number of pyridine rings is 1. The monoisotopic (exact) mass is 400 g/mol. The van der Waals surface area contributed by atoms with Gasteiger partial charge in [-0.3, -0.25) is 4.79 Å². The van der Waals surface area contributed by atoms with E-state index in [4.69, 9.17) is 4.74 Å². The van der Waals surface area contributed by atoms with E-state index in [0.29, 0.717) is 5.75 Å². The van der Waals surface area contributed by atoms with Crippen LogP contribution in [0.2, 0.25) is 0 Å². The summed E-state index contributed by atoms with van der Waals surface area (Å²) < 4.78 is 33.1. The minimum atomic E-state index is -3.57. The number of halogens is 1. The Kier molecular flexibility index (Phi) is 5.61. The van der Waals surface area contributed by atoms with Gasteiger partial charge < -0.3 is 9.30 Å². The molecular formula is C15H17BrN2O4S. The minimum absolute atomic E-state index is 0.0737. The first kappa shape index (κ1) is 17.7. The molecule has 0 fully saturated rings. The van der Waals surface area contributed by atoms with E-state index in [1.54, 1.807) is 6.07 Å². The fourth-order valence-electron chi connectivity index (χ4n) is 1.87. The molecule has 0 saturated heterocycles. The van der Waals surface area contributed by atoms with Gasteiger partial charge in [-0.1, -0.05) is 22.0 Å². The molecule has 6 nitrogen and oxygen atoms in total. The Morgan fingerprint density at radius 1 is 1.22 bits per heavy atom.